The summed E-state index contributed by atoms with van der Waals surface area (Å²) >= 11 is 0. The third kappa shape index (κ3) is 3.01. The van der Waals surface area contributed by atoms with Crippen LogP contribution in [0.4, 0.5) is 0 Å². The third-order valence-electron chi connectivity index (χ3n) is 7.97. The molecule has 0 amide bonds. The molecule has 0 atom stereocenters. The van der Waals surface area contributed by atoms with Crippen molar-refractivity contribution in [2.24, 2.45) is 0 Å². The standard InChI is InChI=1S/C36H22O4/c37-33-32(31-27-15-7-8-16-28(27)40-36(31)35(39)34(33)38)30-25-13-5-3-11-23(25)29(24-12-4-6-14-26(24)30)22-18-17-20-9-1-2-10-21(20)19-22/h1-19,37-39H. The minimum Gasteiger partial charge on any atom is -0.504 e. The van der Waals surface area contributed by atoms with Gasteiger partial charge in [-0.05, 0) is 55.6 Å². The Balaban J connectivity index is 1.59. The van der Waals surface area contributed by atoms with E-state index < -0.39 is 11.5 Å². The summed E-state index contributed by atoms with van der Waals surface area (Å²) in [6.45, 7) is 0. The van der Waals surface area contributed by atoms with E-state index in [1.54, 1.807) is 0 Å². The summed E-state index contributed by atoms with van der Waals surface area (Å²) in [6, 6.07) is 38.6. The molecule has 0 spiro atoms. The normalized spacial score (nSPS) is 11.8. The summed E-state index contributed by atoms with van der Waals surface area (Å²) in [5.74, 6) is -1.47. The van der Waals surface area contributed by atoms with Gasteiger partial charge in [0.15, 0.2) is 11.3 Å². The largest absolute Gasteiger partial charge is 0.504 e. The Labute approximate surface area is 228 Å². The molecule has 1 heterocycles. The minimum absolute atomic E-state index is 0.137. The number of rotatable bonds is 2. The first-order valence-electron chi connectivity index (χ1n) is 13.1. The zero-order chi connectivity index (χ0) is 27.0. The maximum atomic E-state index is 11.5. The molecule has 190 valence electrons. The van der Waals surface area contributed by atoms with E-state index in [0.717, 1.165) is 49.0 Å². The Kier molecular flexibility index (Phi) is 4.64. The molecule has 0 aliphatic carbocycles. The topological polar surface area (TPSA) is 73.8 Å². The van der Waals surface area contributed by atoms with E-state index in [0.29, 0.717) is 16.5 Å². The first kappa shape index (κ1) is 22.5. The summed E-state index contributed by atoms with van der Waals surface area (Å²) in [7, 11) is 0. The van der Waals surface area contributed by atoms with E-state index in [4.69, 9.17) is 4.42 Å². The number of para-hydroxylation sites is 1. The molecule has 8 aromatic rings. The second kappa shape index (κ2) is 8.26. The average molecular weight is 519 g/mol. The molecule has 7 aromatic carbocycles. The summed E-state index contributed by atoms with van der Waals surface area (Å²) in [6.07, 6.45) is 0. The van der Waals surface area contributed by atoms with Crippen LogP contribution in [0.3, 0.4) is 0 Å². The quantitative estimate of drug-likeness (QED) is 0.157. The highest BCUT2D eigenvalue weighted by molar-refractivity contribution is 6.27. The molecular formula is C36H22O4. The highest BCUT2D eigenvalue weighted by Gasteiger charge is 2.28. The molecule has 0 saturated carbocycles. The summed E-state index contributed by atoms with van der Waals surface area (Å²) in [5, 5.41) is 40.7. The second-order valence-electron chi connectivity index (χ2n) is 10.1. The van der Waals surface area contributed by atoms with E-state index in [-0.39, 0.29) is 11.3 Å². The fourth-order valence-corrected chi connectivity index (χ4v) is 6.21. The van der Waals surface area contributed by atoms with Gasteiger partial charge in [0.05, 0.1) is 0 Å². The van der Waals surface area contributed by atoms with Crippen LogP contribution < -0.4 is 0 Å². The molecule has 0 aliphatic rings. The lowest BCUT2D eigenvalue weighted by molar-refractivity contribution is 0.368. The van der Waals surface area contributed by atoms with Crippen LogP contribution in [0, 0.1) is 0 Å². The molecule has 8 rings (SSSR count). The van der Waals surface area contributed by atoms with Gasteiger partial charge in [-0.3, -0.25) is 0 Å². The maximum absolute atomic E-state index is 11.5. The van der Waals surface area contributed by atoms with Gasteiger partial charge in [-0.25, -0.2) is 0 Å². The van der Waals surface area contributed by atoms with E-state index in [1.165, 1.54) is 5.39 Å². The number of hydrogen-bond donors (Lipinski definition) is 3. The Morgan fingerprint density at radius 2 is 0.975 bits per heavy atom. The molecule has 0 aliphatic heterocycles. The van der Waals surface area contributed by atoms with Crippen molar-refractivity contribution in [3.63, 3.8) is 0 Å². The van der Waals surface area contributed by atoms with E-state index in [1.807, 2.05) is 72.8 Å². The summed E-state index contributed by atoms with van der Waals surface area (Å²) in [4.78, 5) is 0. The van der Waals surface area contributed by atoms with Crippen LogP contribution in [-0.4, -0.2) is 15.3 Å². The van der Waals surface area contributed by atoms with Crippen LogP contribution >= 0.6 is 0 Å². The van der Waals surface area contributed by atoms with Gasteiger partial charge in [0, 0.05) is 21.9 Å². The van der Waals surface area contributed by atoms with E-state index in [2.05, 4.69) is 42.5 Å². The molecule has 0 radical (unpaired) electrons. The average Bonchev–Trinajstić information content (AvgIpc) is 3.39. The molecular weight excluding hydrogens is 496 g/mol. The van der Waals surface area contributed by atoms with Crippen molar-refractivity contribution in [2.45, 2.75) is 0 Å². The number of hydrogen-bond acceptors (Lipinski definition) is 4. The molecule has 40 heavy (non-hydrogen) atoms. The van der Waals surface area contributed by atoms with Crippen LogP contribution in [0.2, 0.25) is 0 Å². The van der Waals surface area contributed by atoms with Gasteiger partial charge >= 0.3 is 0 Å². The number of furan rings is 1. The molecule has 4 nitrogen and oxygen atoms in total. The summed E-state index contributed by atoms with van der Waals surface area (Å²) < 4.78 is 6.02. The van der Waals surface area contributed by atoms with Gasteiger partial charge in [-0.15, -0.1) is 0 Å². The van der Waals surface area contributed by atoms with Crippen molar-refractivity contribution in [2.75, 3.05) is 0 Å². The lowest BCUT2D eigenvalue weighted by Crippen LogP contribution is -1.92. The molecule has 0 bridgehead atoms. The van der Waals surface area contributed by atoms with Gasteiger partial charge < -0.3 is 19.7 Å². The predicted molar refractivity (Wildman–Crippen MR) is 162 cm³/mol. The minimum atomic E-state index is -0.603. The van der Waals surface area contributed by atoms with Gasteiger partial charge in [-0.1, -0.05) is 103 Å². The highest BCUT2D eigenvalue weighted by atomic mass is 16.4. The Morgan fingerprint density at radius 3 is 1.65 bits per heavy atom. The summed E-state index contributed by atoms with van der Waals surface area (Å²) in [5.41, 5.74) is 4.07. The first-order valence-corrected chi connectivity index (χ1v) is 13.1. The van der Waals surface area contributed by atoms with Crippen LogP contribution in [0.15, 0.2) is 120 Å². The monoisotopic (exact) mass is 518 g/mol. The lowest BCUT2D eigenvalue weighted by atomic mass is 9.84. The Hall–Kier alpha value is -5.48. The lowest BCUT2D eigenvalue weighted by Gasteiger charge is -2.19. The second-order valence-corrected chi connectivity index (χ2v) is 10.1. The number of benzene rings is 7. The number of phenols is 3. The van der Waals surface area contributed by atoms with Crippen molar-refractivity contribution < 1.29 is 19.7 Å². The van der Waals surface area contributed by atoms with Crippen molar-refractivity contribution in [1.82, 2.24) is 0 Å². The van der Waals surface area contributed by atoms with Crippen molar-refractivity contribution in [3.05, 3.63) is 115 Å². The van der Waals surface area contributed by atoms with Gasteiger partial charge in [-0.2, -0.15) is 0 Å². The highest BCUT2D eigenvalue weighted by Crippen LogP contribution is 2.55. The third-order valence-corrected chi connectivity index (χ3v) is 7.97. The number of phenolic OH excluding ortho intramolecular Hbond substituents is 3. The zero-order valence-corrected chi connectivity index (χ0v) is 21.2. The fraction of sp³-hybridized carbons (Fsp3) is 0. The van der Waals surface area contributed by atoms with Crippen LogP contribution in [0.25, 0.3) is 76.5 Å². The smallest absolute Gasteiger partial charge is 0.205 e. The molecule has 0 unspecified atom stereocenters. The number of aromatic hydroxyl groups is 3. The predicted octanol–water partition coefficient (Wildman–Crippen LogP) is 9.50. The van der Waals surface area contributed by atoms with Gasteiger partial charge in [0.25, 0.3) is 0 Å². The Morgan fingerprint density at radius 1 is 0.425 bits per heavy atom. The van der Waals surface area contributed by atoms with E-state index >= 15 is 0 Å². The van der Waals surface area contributed by atoms with Gasteiger partial charge in [0.2, 0.25) is 11.5 Å². The van der Waals surface area contributed by atoms with Crippen LogP contribution in [-0.2, 0) is 0 Å². The molecule has 1 aromatic heterocycles. The molecule has 4 heteroatoms. The number of fused-ring (bicyclic) bond motifs is 6. The molecule has 0 saturated heterocycles. The van der Waals surface area contributed by atoms with Crippen LogP contribution in [0.5, 0.6) is 17.2 Å². The first-order chi connectivity index (χ1) is 19.6. The zero-order valence-electron chi connectivity index (χ0n) is 21.2. The Bertz CT molecular complexity index is 2250. The SMILES string of the molecule is Oc1c(O)c(-c2c3ccccc3c(-c3ccc4ccccc4c3)c3ccccc23)c2c(oc3ccccc32)c1O. The van der Waals surface area contributed by atoms with Gasteiger partial charge in [0.1, 0.15) is 5.58 Å². The fourth-order valence-electron chi connectivity index (χ4n) is 6.21. The van der Waals surface area contributed by atoms with Crippen molar-refractivity contribution in [3.8, 4) is 39.5 Å². The maximum Gasteiger partial charge on any atom is 0.205 e. The molecule has 0 fully saturated rings. The van der Waals surface area contributed by atoms with E-state index in [9.17, 15) is 15.3 Å². The van der Waals surface area contributed by atoms with Crippen molar-refractivity contribution >= 4 is 54.3 Å². The van der Waals surface area contributed by atoms with Crippen LogP contribution in [0.1, 0.15) is 0 Å². The molecule has 3 N–H and O–H groups in total. The van der Waals surface area contributed by atoms with Crippen molar-refractivity contribution in [1.29, 1.82) is 0 Å².